The Labute approximate surface area is 92.0 Å². The molecule has 86 valence electrons. The molecule has 1 aromatic rings. The first kappa shape index (κ1) is 11.0. The number of benzene rings is 1. The molecule has 4 heteroatoms. The van der Waals surface area contributed by atoms with E-state index in [2.05, 4.69) is 5.32 Å². The van der Waals surface area contributed by atoms with Gasteiger partial charge in [0.1, 0.15) is 0 Å². The molecule has 1 aromatic carbocycles. The van der Waals surface area contributed by atoms with Crippen molar-refractivity contribution >= 4 is 5.69 Å². The van der Waals surface area contributed by atoms with E-state index in [1.807, 2.05) is 0 Å². The Morgan fingerprint density at radius 1 is 1.19 bits per heavy atom. The summed E-state index contributed by atoms with van der Waals surface area (Å²) in [6.07, 6.45) is 0.800. The molecular weight excluding hydrogens is 215 g/mol. The number of anilines is 1. The first-order valence-corrected chi connectivity index (χ1v) is 5.17. The van der Waals surface area contributed by atoms with Crippen LogP contribution in [0, 0.1) is 0 Å². The van der Waals surface area contributed by atoms with Gasteiger partial charge in [-0.1, -0.05) is 11.6 Å². The lowest BCUT2D eigenvalue weighted by molar-refractivity contribution is -0.137. The first-order chi connectivity index (χ1) is 7.55. The summed E-state index contributed by atoms with van der Waals surface area (Å²) in [5.74, 6) is 0. The highest BCUT2D eigenvalue weighted by molar-refractivity contribution is 5.49. The standard InChI is InChI=1S/C12H12F3N/c13-12(14,15)10-5-2-6-11(7-10)16-8-9-3-1-4-9/h2,5-8,16H,1,3-4H2. The molecule has 1 N–H and O–H groups in total. The van der Waals surface area contributed by atoms with Crippen LogP contribution in [0.2, 0.25) is 0 Å². The molecule has 0 atom stereocenters. The van der Waals surface area contributed by atoms with Gasteiger partial charge in [-0.05, 0) is 37.5 Å². The van der Waals surface area contributed by atoms with Crippen molar-refractivity contribution in [3.05, 3.63) is 41.6 Å². The summed E-state index contributed by atoms with van der Waals surface area (Å²) < 4.78 is 37.2. The number of rotatable bonds is 2. The van der Waals surface area contributed by atoms with E-state index in [1.54, 1.807) is 12.3 Å². The summed E-state index contributed by atoms with van der Waals surface area (Å²) in [5, 5.41) is 2.90. The Bertz CT molecular complexity index is 401. The second kappa shape index (κ2) is 4.20. The lowest BCUT2D eigenvalue weighted by Gasteiger charge is -2.16. The van der Waals surface area contributed by atoms with Crippen LogP contribution in [0.15, 0.2) is 36.0 Å². The highest BCUT2D eigenvalue weighted by atomic mass is 19.4. The highest BCUT2D eigenvalue weighted by Crippen LogP contribution is 2.31. The summed E-state index contributed by atoms with van der Waals surface area (Å²) in [6, 6.07) is 5.23. The molecule has 0 amide bonds. The third-order valence-corrected chi connectivity index (χ3v) is 2.63. The van der Waals surface area contributed by atoms with Crippen molar-refractivity contribution in [3.8, 4) is 0 Å². The van der Waals surface area contributed by atoms with Gasteiger partial charge in [0.25, 0.3) is 0 Å². The van der Waals surface area contributed by atoms with Crippen molar-refractivity contribution in [3.63, 3.8) is 0 Å². The van der Waals surface area contributed by atoms with E-state index < -0.39 is 11.7 Å². The normalized spacial score (nSPS) is 15.6. The number of hydrogen-bond donors (Lipinski definition) is 1. The van der Waals surface area contributed by atoms with E-state index in [1.165, 1.54) is 18.1 Å². The Balaban J connectivity index is 2.10. The van der Waals surface area contributed by atoms with Gasteiger partial charge in [-0.25, -0.2) is 0 Å². The Morgan fingerprint density at radius 3 is 2.50 bits per heavy atom. The maximum absolute atomic E-state index is 12.4. The second-order valence-electron chi connectivity index (χ2n) is 3.88. The van der Waals surface area contributed by atoms with Gasteiger partial charge in [0.2, 0.25) is 0 Å². The lowest BCUT2D eigenvalue weighted by Crippen LogP contribution is -2.05. The molecule has 0 saturated heterocycles. The zero-order valence-corrected chi connectivity index (χ0v) is 8.64. The predicted molar refractivity (Wildman–Crippen MR) is 57.0 cm³/mol. The third-order valence-electron chi connectivity index (χ3n) is 2.63. The predicted octanol–water partition coefficient (Wildman–Crippen LogP) is 4.19. The quantitative estimate of drug-likeness (QED) is 0.798. The fraction of sp³-hybridized carbons (Fsp3) is 0.333. The van der Waals surface area contributed by atoms with Crippen LogP contribution in [0.4, 0.5) is 18.9 Å². The van der Waals surface area contributed by atoms with E-state index in [4.69, 9.17) is 0 Å². The van der Waals surface area contributed by atoms with E-state index in [0.717, 1.165) is 25.0 Å². The number of allylic oxidation sites excluding steroid dienone is 1. The average molecular weight is 227 g/mol. The van der Waals surface area contributed by atoms with Crippen molar-refractivity contribution in [2.24, 2.45) is 0 Å². The highest BCUT2D eigenvalue weighted by Gasteiger charge is 2.30. The molecular formula is C12H12F3N. The molecule has 1 nitrogen and oxygen atoms in total. The van der Waals surface area contributed by atoms with Crippen molar-refractivity contribution in [2.75, 3.05) is 5.32 Å². The number of nitrogens with one attached hydrogen (secondary N) is 1. The first-order valence-electron chi connectivity index (χ1n) is 5.17. The molecule has 0 aromatic heterocycles. The molecule has 1 saturated carbocycles. The molecule has 1 aliphatic rings. The molecule has 0 radical (unpaired) electrons. The summed E-state index contributed by atoms with van der Waals surface area (Å²) in [6.45, 7) is 0. The van der Waals surface area contributed by atoms with Crippen LogP contribution in [0.5, 0.6) is 0 Å². The monoisotopic (exact) mass is 227 g/mol. The molecule has 0 unspecified atom stereocenters. The van der Waals surface area contributed by atoms with Crippen LogP contribution < -0.4 is 5.32 Å². The molecule has 0 spiro atoms. The topological polar surface area (TPSA) is 12.0 Å². The van der Waals surface area contributed by atoms with E-state index in [9.17, 15) is 13.2 Å². The van der Waals surface area contributed by atoms with Gasteiger partial charge in [0.15, 0.2) is 0 Å². The molecule has 0 bridgehead atoms. The van der Waals surface area contributed by atoms with Gasteiger partial charge in [0, 0.05) is 11.9 Å². The maximum Gasteiger partial charge on any atom is 0.416 e. The van der Waals surface area contributed by atoms with Crippen LogP contribution in [0.25, 0.3) is 0 Å². The second-order valence-corrected chi connectivity index (χ2v) is 3.88. The minimum Gasteiger partial charge on any atom is -0.362 e. The largest absolute Gasteiger partial charge is 0.416 e. The van der Waals surface area contributed by atoms with E-state index >= 15 is 0 Å². The van der Waals surface area contributed by atoms with Gasteiger partial charge in [-0.15, -0.1) is 0 Å². The lowest BCUT2D eigenvalue weighted by atomic mass is 9.93. The van der Waals surface area contributed by atoms with Crippen LogP contribution in [-0.2, 0) is 6.18 Å². The maximum atomic E-state index is 12.4. The SMILES string of the molecule is FC(F)(F)c1cccc(NC=C2CCC2)c1. The molecule has 1 fully saturated rings. The van der Waals surface area contributed by atoms with Gasteiger partial charge in [-0.3, -0.25) is 0 Å². The average Bonchev–Trinajstić information content (AvgIpc) is 2.14. The Hall–Kier alpha value is -1.45. The molecule has 0 aliphatic heterocycles. The smallest absolute Gasteiger partial charge is 0.362 e. The molecule has 16 heavy (non-hydrogen) atoms. The fourth-order valence-electron chi connectivity index (χ4n) is 1.50. The number of halogens is 3. The van der Waals surface area contributed by atoms with Crippen molar-refractivity contribution in [1.82, 2.24) is 0 Å². The van der Waals surface area contributed by atoms with Crippen LogP contribution in [-0.4, -0.2) is 0 Å². The van der Waals surface area contributed by atoms with Crippen molar-refractivity contribution < 1.29 is 13.2 Å². The summed E-state index contributed by atoms with van der Waals surface area (Å²) in [5.41, 5.74) is 1.12. The minimum absolute atomic E-state index is 0.481. The van der Waals surface area contributed by atoms with Gasteiger partial charge in [-0.2, -0.15) is 13.2 Å². The molecule has 1 aliphatic carbocycles. The summed E-state index contributed by atoms with van der Waals surface area (Å²) in [7, 11) is 0. The fourth-order valence-corrected chi connectivity index (χ4v) is 1.50. The van der Waals surface area contributed by atoms with Crippen molar-refractivity contribution in [2.45, 2.75) is 25.4 Å². The van der Waals surface area contributed by atoms with Crippen LogP contribution in [0.3, 0.4) is 0 Å². The van der Waals surface area contributed by atoms with Crippen LogP contribution in [0.1, 0.15) is 24.8 Å². The van der Waals surface area contributed by atoms with Crippen LogP contribution >= 0.6 is 0 Å². The number of hydrogen-bond acceptors (Lipinski definition) is 1. The third kappa shape index (κ3) is 2.56. The molecule has 0 heterocycles. The van der Waals surface area contributed by atoms with Gasteiger partial charge in [0.05, 0.1) is 5.56 Å². The Morgan fingerprint density at radius 2 is 1.94 bits per heavy atom. The summed E-state index contributed by atoms with van der Waals surface area (Å²) in [4.78, 5) is 0. The zero-order valence-electron chi connectivity index (χ0n) is 8.64. The van der Waals surface area contributed by atoms with Gasteiger partial charge < -0.3 is 5.32 Å². The minimum atomic E-state index is -4.28. The zero-order chi connectivity index (χ0) is 11.6. The number of alkyl halides is 3. The van der Waals surface area contributed by atoms with Gasteiger partial charge >= 0.3 is 6.18 Å². The van der Waals surface area contributed by atoms with E-state index in [0.29, 0.717) is 5.69 Å². The molecule has 2 rings (SSSR count). The van der Waals surface area contributed by atoms with Crippen molar-refractivity contribution in [1.29, 1.82) is 0 Å². The Kier molecular flexibility index (Phi) is 2.90. The van der Waals surface area contributed by atoms with E-state index in [-0.39, 0.29) is 0 Å². The summed E-state index contributed by atoms with van der Waals surface area (Å²) >= 11 is 0.